The molecule has 0 aromatic heterocycles. The molecule has 0 bridgehead atoms. The first-order valence-electron chi connectivity index (χ1n) is 8.18. The maximum absolute atomic E-state index is 12.3. The number of piperidine rings is 1. The van der Waals surface area contributed by atoms with Crippen LogP contribution in [0.3, 0.4) is 0 Å². The molecule has 2 rings (SSSR count). The normalized spacial score (nSPS) is 15.9. The molecule has 1 aromatic carbocycles. The van der Waals surface area contributed by atoms with Gasteiger partial charge in [-0.25, -0.2) is 0 Å². The number of nitrogens with zero attached hydrogens (tertiary/aromatic N) is 2. The topological polar surface area (TPSA) is 56.1 Å². The third-order valence-electron chi connectivity index (χ3n) is 4.13. The van der Waals surface area contributed by atoms with Gasteiger partial charge in [0, 0.05) is 25.0 Å². The minimum atomic E-state index is -0.175. The summed E-state index contributed by atoms with van der Waals surface area (Å²) >= 11 is 0. The summed E-state index contributed by atoms with van der Waals surface area (Å²) in [7, 11) is 0. The van der Waals surface area contributed by atoms with E-state index in [-0.39, 0.29) is 16.9 Å². The van der Waals surface area contributed by atoms with E-state index >= 15 is 0 Å². The van der Waals surface area contributed by atoms with E-state index in [1.807, 2.05) is 18.2 Å². The predicted molar refractivity (Wildman–Crippen MR) is 92.9 cm³/mol. The van der Waals surface area contributed by atoms with Gasteiger partial charge in [-0.05, 0) is 42.4 Å². The molecule has 1 heterocycles. The highest BCUT2D eigenvalue weighted by molar-refractivity contribution is 5.97. The molecule has 0 radical (unpaired) electrons. The summed E-state index contributed by atoms with van der Waals surface area (Å²) in [6, 6.07) is 10.1. The van der Waals surface area contributed by atoms with Crippen molar-refractivity contribution < 1.29 is 4.79 Å². The van der Waals surface area contributed by atoms with Crippen LogP contribution in [0.15, 0.2) is 36.0 Å². The van der Waals surface area contributed by atoms with Crippen LogP contribution in [0.25, 0.3) is 0 Å². The van der Waals surface area contributed by atoms with Crippen molar-refractivity contribution in [2.45, 2.75) is 45.4 Å². The Hall–Kier alpha value is -2.28. The highest BCUT2D eigenvalue weighted by atomic mass is 16.2. The zero-order valence-corrected chi connectivity index (χ0v) is 14.2. The minimum absolute atomic E-state index is 0.108. The van der Waals surface area contributed by atoms with E-state index in [2.05, 4.69) is 38.2 Å². The van der Waals surface area contributed by atoms with Gasteiger partial charge in [0.15, 0.2) is 0 Å². The molecule has 1 amide bonds. The molecule has 1 aliphatic heterocycles. The van der Waals surface area contributed by atoms with Crippen LogP contribution in [-0.4, -0.2) is 23.9 Å². The van der Waals surface area contributed by atoms with Crippen molar-refractivity contribution in [3.05, 3.63) is 41.6 Å². The standard InChI is InChI=1S/C19H25N3O/c1-19(2,3)16-7-9-17(10-8-16)21-14-15(13-20)18(23)22-11-5-4-6-12-22/h7-10,14,21H,4-6,11-12H2,1-3H3/b15-14-. The lowest BCUT2D eigenvalue weighted by molar-refractivity contribution is -0.127. The summed E-state index contributed by atoms with van der Waals surface area (Å²) in [5.41, 5.74) is 2.39. The summed E-state index contributed by atoms with van der Waals surface area (Å²) in [5.74, 6) is -0.175. The number of amides is 1. The van der Waals surface area contributed by atoms with Crippen molar-refractivity contribution in [3.8, 4) is 6.07 Å². The van der Waals surface area contributed by atoms with Gasteiger partial charge in [-0.1, -0.05) is 32.9 Å². The van der Waals surface area contributed by atoms with Gasteiger partial charge in [0.1, 0.15) is 11.6 Å². The van der Waals surface area contributed by atoms with Gasteiger partial charge < -0.3 is 10.2 Å². The molecule has 1 saturated heterocycles. The second-order valence-electron chi connectivity index (χ2n) is 6.99. The number of anilines is 1. The fraction of sp³-hybridized carbons (Fsp3) is 0.474. The lowest BCUT2D eigenvalue weighted by Crippen LogP contribution is -2.36. The maximum Gasteiger partial charge on any atom is 0.266 e. The van der Waals surface area contributed by atoms with E-state index in [1.54, 1.807) is 4.90 Å². The van der Waals surface area contributed by atoms with Crippen LogP contribution in [0.2, 0.25) is 0 Å². The highest BCUT2D eigenvalue weighted by Crippen LogP contribution is 2.23. The summed E-state index contributed by atoms with van der Waals surface area (Å²) in [4.78, 5) is 14.1. The van der Waals surface area contributed by atoms with Crippen LogP contribution in [0, 0.1) is 11.3 Å². The number of carbonyl (C=O) groups is 1. The molecular formula is C19H25N3O. The lowest BCUT2D eigenvalue weighted by Gasteiger charge is -2.26. The summed E-state index contributed by atoms with van der Waals surface area (Å²) in [5, 5.41) is 12.3. The molecule has 0 unspecified atom stereocenters. The Morgan fingerprint density at radius 3 is 2.30 bits per heavy atom. The quantitative estimate of drug-likeness (QED) is 0.682. The minimum Gasteiger partial charge on any atom is -0.360 e. The Labute approximate surface area is 138 Å². The van der Waals surface area contributed by atoms with Gasteiger partial charge in [0.25, 0.3) is 5.91 Å². The third kappa shape index (κ3) is 4.59. The van der Waals surface area contributed by atoms with Crippen molar-refractivity contribution in [2.24, 2.45) is 0 Å². The average molecular weight is 311 g/mol. The number of benzene rings is 1. The van der Waals surface area contributed by atoms with E-state index in [0.717, 1.165) is 38.0 Å². The van der Waals surface area contributed by atoms with Crippen molar-refractivity contribution in [3.63, 3.8) is 0 Å². The molecule has 1 N–H and O–H groups in total. The molecule has 122 valence electrons. The first-order valence-corrected chi connectivity index (χ1v) is 8.18. The van der Waals surface area contributed by atoms with E-state index in [4.69, 9.17) is 0 Å². The van der Waals surface area contributed by atoms with Gasteiger partial charge in [-0.15, -0.1) is 0 Å². The smallest absolute Gasteiger partial charge is 0.266 e. The van der Waals surface area contributed by atoms with Crippen LogP contribution in [0.4, 0.5) is 5.69 Å². The molecule has 0 atom stereocenters. The number of hydrogen-bond acceptors (Lipinski definition) is 3. The van der Waals surface area contributed by atoms with Gasteiger partial charge in [0.2, 0.25) is 0 Å². The number of nitrogens with one attached hydrogen (secondary N) is 1. The lowest BCUT2D eigenvalue weighted by atomic mass is 9.87. The van der Waals surface area contributed by atoms with Gasteiger partial charge >= 0.3 is 0 Å². The van der Waals surface area contributed by atoms with Gasteiger partial charge in [-0.2, -0.15) is 5.26 Å². The molecular weight excluding hydrogens is 286 g/mol. The molecule has 0 saturated carbocycles. The molecule has 1 aliphatic rings. The number of hydrogen-bond donors (Lipinski definition) is 1. The zero-order valence-electron chi connectivity index (χ0n) is 14.2. The van der Waals surface area contributed by atoms with Crippen LogP contribution < -0.4 is 5.32 Å². The molecule has 1 aromatic rings. The van der Waals surface area contributed by atoms with Crippen molar-refractivity contribution in [1.29, 1.82) is 5.26 Å². The summed E-state index contributed by atoms with van der Waals surface area (Å²) in [6.45, 7) is 8.00. The molecule has 0 spiro atoms. The molecule has 1 fully saturated rings. The first-order chi connectivity index (χ1) is 10.9. The van der Waals surface area contributed by atoms with Crippen molar-refractivity contribution >= 4 is 11.6 Å². The second kappa shape index (κ2) is 7.32. The maximum atomic E-state index is 12.3. The van der Waals surface area contributed by atoms with Crippen LogP contribution in [0.1, 0.15) is 45.6 Å². The van der Waals surface area contributed by atoms with E-state index in [9.17, 15) is 10.1 Å². The number of nitriles is 1. The Bertz CT molecular complexity index is 612. The first kappa shape index (κ1) is 17.1. The third-order valence-corrected chi connectivity index (χ3v) is 4.13. The number of carbonyl (C=O) groups excluding carboxylic acids is 1. The largest absolute Gasteiger partial charge is 0.360 e. The van der Waals surface area contributed by atoms with E-state index in [1.165, 1.54) is 11.8 Å². The Kier molecular flexibility index (Phi) is 5.44. The van der Waals surface area contributed by atoms with Gasteiger partial charge in [-0.3, -0.25) is 4.79 Å². The molecule has 4 nitrogen and oxygen atoms in total. The molecule has 4 heteroatoms. The van der Waals surface area contributed by atoms with Gasteiger partial charge in [0.05, 0.1) is 0 Å². The fourth-order valence-electron chi connectivity index (χ4n) is 2.63. The highest BCUT2D eigenvalue weighted by Gasteiger charge is 2.20. The molecule has 0 aliphatic carbocycles. The Morgan fingerprint density at radius 2 is 1.78 bits per heavy atom. The number of rotatable bonds is 3. The van der Waals surface area contributed by atoms with Crippen LogP contribution in [0.5, 0.6) is 0 Å². The molecule has 23 heavy (non-hydrogen) atoms. The SMILES string of the molecule is CC(C)(C)c1ccc(N/C=C(/C#N)C(=O)N2CCCCC2)cc1. The van der Waals surface area contributed by atoms with E-state index < -0.39 is 0 Å². The Balaban J connectivity index is 2.04. The summed E-state index contributed by atoms with van der Waals surface area (Å²) in [6.07, 6.45) is 4.72. The average Bonchev–Trinajstić information content (AvgIpc) is 2.55. The zero-order chi connectivity index (χ0) is 16.9. The second-order valence-corrected chi connectivity index (χ2v) is 6.99. The van der Waals surface area contributed by atoms with Crippen LogP contribution >= 0.6 is 0 Å². The fourth-order valence-corrected chi connectivity index (χ4v) is 2.63. The van der Waals surface area contributed by atoms with Crippen LogP contribution in [-0.2, 0) is 10.2 Å². The van der Waals surface area contributed by atoms with E-state index in [0.29, 0.717) is 0 Å². The predicted octanol–water partition coefficient (Wildman–Crippen LogP) is 3.82. The Morgan fingerprint density at radius 1 is 1.17 bits per heavy atom. The summed E-state index contributed by atoms with van der Waals surface area (Å²) < 4.78 is 0. The van der Waals surface area contributed by atoms with Crippen molar-refractivity contribution in [2.75, 3.05) is 18.4 Å². The monoisotopic (exact) mass is 311 g/mol. The van der Waals surface area contributed by atoms with Crippen molar-refractivity contribution in [1.82, 2.24) is 4.90 Å². The number of likely N-dealkylation sites (tertiary alicyclic amines) is 1.